The van der Waals surface area contributed by atoms with E-state index in [4.69, 9.17) is 23.8 Å². The largest absolute Gasteiger partial charge is 0.324 e. The lowest BCUT2D eigenvalue weighted by atomic mass is 10.0. The van der Waals surface area contributed by atoms with Crippen molar-refractivity contribution in [1.82, 2.24) is 0 Å². The highest BCUT2D eigenvalue weighted by Gasteiger charge is 2.07. The molecule has 0 aliphatic rings. The second kappa shape index (κ2) is 6.17. The second-order valence-corrected chi connectivity index (χ2v) is 4.64. The third-order valence-corrected chi connectivity index (χ3v) is 3.44. The molecule has 0 bridgehead atoms. The summed E-state index contributed by atoms with van der Waals surface area (Å²) in [7, 11) is 0. The van der Waals surface area contributed by atoms with Gasteiger partial charge in [-0.05, 0) is 46.5 Å². The molecule has 0 fully saturated rings. The Balaban J connectivity index is 2.62. The fourth-order valence-corrected chi connectivity index (χ4v) is 1.77. The first-order chi connectivity index (χ1) is 7.15. The van der Waals surface area contributed by atoms with Crippen molar-refractivity contribution in [3.05, 3.63) is 33.3 Å². The second-order valence-electron chi connectivity index (χ2n) is 3.38. The summed E-state index contributed by atoms with van der Waals surface area (Å²) in [6, 6.07) is 5.81. The predicted octanol–water partition coefficient (Wildman–Crippen LogP) is 3.91. The molecule has 0 radical (unpaired) electrons. The SMILES string of the molecule is C#CCCCC(N)c1ccc(Br)c(Cl)c1. The van der Waals surface area contributed by atoms with Gasteiger partial charge in [-0.15, -0.1) is 12.3 Å². The maximum Gasteiger partial charge on any atom is 0.0551 e. The molecule has 3 heteroatoms. The Bertz CT molecular complexity index is 370. The van der Waals surface area contributed by atoms with E-state index in [1.807, 2.05) is 18.2 Å². The molecule has 0 saturated carbocycles. The Labute approximate surface area is 104 Å². The van der Waals surface area contributed by atoms with Gasteiger partial charge in [0.15, 0.2) is 0 Å². The minimum atomic E-state index is 0.0175. The topological polar surface area (TPSA) is 26.0 Å². The van der Waals surface area contributed by atoms with Crippen molar-refractivity contribution in [2.75, 3.05) is 0 Å². The van der Waals surface area contributed by atoms with Crippen LogP contribution in [0.4, 0.5) is 0 Å². The van der Waals surface area contributed by atoms with Crippen LogP contribution in [0.15, 0.2) is 22.7 Å². The van der Waals surface area contributed by atoms with Crippen molar-refractivity contribution >= 4 is 27.5 Å². The van der Waals surface area contributed by atoms with Crippen molar-refractivity contribution in [2.24, 2.45) is 5.73 Å². The summed E-state index contributed by atoms with van der Waals surface area (Å²) in [6.45, 7) is 0. The van der Waals surface area contributed by atoms with Crippen molar-refractivity contribution in [3.8, 4) is 12.3 Å². The van der Waals surface area contributed by atoms with Gasteiger partial charge in [0.25, 0.3) is 0 Å². The fraction of sp³-hybridized carbons (Fsp3) is 0.333. The molecule has 80 valence electrons. The predicted molar refractivity (Wildman–Crippen MR) is 68.8 cm³/mol. The zero-order valence-corrected chi connectivity index (χ0v) is 10.7. The fourth-order valence-electron chi connectivity index (χ4n) is 1.33. The Morgan fingerprint density at radius 2 is 2.27 bits per heavy atom. The van der Waals surface area contributed by atoms with E-state index in [0.717, 1.165) is 29.3 Å². The average molecular weight is 287 g/mol. The molecule has 0 spiro atoms. The molecule has 1 unspecified atom stereocenters. The molecular formula is C12H13BrClN. The Morgan fingerprint density at radius 3 is 2.87 bits per heavy atom. The molecule has 1 rings (SSSR count). The van der Waals surface area contributed by atoms with Crippen LogP contribution in [0.1, 0.15) is 30.9 Å². The van der Waals surface area contributed by atoms with Crippen molar-refractivity contribution in [1.29, 1.82) is 0 Å². The highest BCUT2D eigenvalue weighted by molar-refractivity contribution is 9.10. The van der Waals surface area contributed by atoms with Crippen molar-refractivity contribution in [3.63, 3.8) is 0 Å². The molecule has 15 heavy (non-hydrogen) atoms. The van der Waals surface area contributed by atoms with Crippen LogP contribution in [0.5, 0.6) is 0 Å². The van der Waals surface area contributed by atoms with Gasteiger partial charge in [-0.3, -0.25) is 0 Å². The first-order valence-electron chi connectivity index (χ1n) is 4.79. The standard InChI is InChI=1S/C12H13BrClN/c1-2-3-4-5-12(15)9-6-7-10(13)11(14)8-9/h1,6-8,12H,3-5,15H2. The minimum Gasteiger partial charge on any atom is -0.324 e. The molecule has 0 aliphatic heterocycles. The number of nitrogens with two attached hydrogens (primary N) is 1. The first kappa shape index (κ1) is 12.6. The molecule has 0 aliphatic carbocycles. The maximum absolute atomic E-state index is 6.01. The molecule has 1 nitrogen and oxygen atoms in total. The summed E-state index contributed by atoms with van der Waals surface area (Å²) < 4.78 is 0.892. The smallest absolute Gasteiger partial charge is 0.0551 e. The molecule has 0 aromatic heterocycles. The Kier molecular flexibility index (Phi) is 5.17. The number of hydrogen-bond acceptors (Lipinski definition) is 1. The third kappa shape index (κ3) is 3.87. The van der Waals surface area contributed by atoms with E-state index in [1.54, 1.807) is 0 Å². The van der Waals surface area contributed by atoms with Crippen LogP contribution >= 0.6 is 27.5 Å². The summed E-state index contributed by atoms with van der Waals surface area (Å²) in [6.07, 6.45) is 7.80. The molecule has 0 heterocycles. The summed E-state index contributed by atoms with van der Waals surface area (Å²) in [5, 5.41) is 0.694. The van der Waals surface area contributed by atoms with E-state index in [-0.39, 0.29) is 6.04 Å². The number of unbranched alkanes of at least 4 members (excludes halogenated alkanes) is 1. The van der Waals surface area contributed by atoms with E-state index >= 15 is 0 Å². The summed E-state index contributed by atoms with van der Waals surface area (Å²) in [4.78, 5) is 0. The van der Waals surface area contributed by atoms with Crippen LogP contribution in [-0.4, -0.2) is 0 Å². The van der Waals surface area contributed by atoms with E-state index in [2.05, 4.69) is 21.9 Å². The maximum atomic E-state index is 6.01. The van der Waals surface area contributed by atoms with Crippen LogP contribution in [0.25, 0.3) is 0 Å². The van der Waals surface area contributed by atoms with Crippen LogP contribution in [0.2, 0.25) is 5.02 Å². The first-order valence-corrected chi connectivity index (χ1v) is 5.96. The van der Waals surface area contributed by atoms with Gasteiger partial charge in [-0.1, -0.05) is 17.7 Å². The molecule has 0 amide bonds. The molecule has 0 saturated heterocycles. The van der Waals surface area contributed by atoms with Crippen LogP contribution in [-0.2, 0) is 0 Å². The average Bonchev–Trinajstić information content (AvgIpc) is 2.22. The Morgan fingerprint density at radius 1 is 1.53 bits per heavy atom. The lowest BCUT2D eigenvalue weighted by Gasteiger charge is -2.11. The molecule has 2 N–H and O–H groups in total. The van der Waals surface area contributed by atoms with E-state index in [9.17, 15) is 0 Å². The van der Waals surface area contributed by atoms with Crippen molar-refractivity contribution in [2.45, 2.75) is 25.3 Å². The summed E-state index contributed by atoms with van der Waals surface area (Å²) >= 11 is 9.33. The van der Waals surface area contributed by atoms with Gasteiger partial charge in [-0.25, -0.2) is 0 Å². The lowest BCUT2D eigenvalue weighted by Crippen LogP contribution is -2.09. The van der Waals surface area contributed by atoms with Gasteiger partial charge in [0.1, 0.15) is 0 Å². The number of halogens is 2. The lowest BCUT2D eigenvalue weighted by molar-refractivity contribution is 0.621. The highest BCUT2D eigenvalue weighted by atomic mass is 79.9. The van der Waals surface area contributed by atoms with E-state index in [0.29, 0.717) is 5.02 Å². The van der Waals surface area contributed by atoms with Gasteiger partial charge in [-0.2, -0.15) is 0 Å². The normalized spacial score (nSPS) is 12.1. The number of terminal acetylenes is 1. The minimum absolute atomic E-state index is 0.0175. The third-order valence-electron chi connectivity index (χ3n) is 2.21. The number of benzene rings is 1. The zero-order chi connectivity index (χ0) is 11.3. The molecular weight excluding hydrogens is 273 g/mol. The van der Waals surface area contributed by atoms with Gasteiger partial charge in [0.2, 0.25) is 0 Å². The van der Waals surface area contributed by atoms with E-state index < -0.39 is 0 Å². The zero-order valence-electron chi connectivity index (χ0n) is 8.34. The number of rotatable bonds is 4. The monoisotopic (exact) mass is 285 g/mol. The van der Waals surface area contributed by atoms with Gasteiger partial charge < -0.3 is 5.73 Å². The number of hydrogen-bond donors (Lipinski definition) is 1. The molecule has 1 aromatic rings. The quantitative estimate of drug-likeness (QED) is 0.659. The Hall–Kier alpha value is -0.490. The van der Waals surface area contributed by atoms with Gasteiger partial charge in [0, 0.05) is 16.9 Å². The van der Waals surface area contributed by atoms with Crippen LogP contribution in [0.3, 0.4) is 0 Å². The highest BCUT2D eigenvalue weighted by Crippen LogP contribution is 2.26. The van der Waals surface area contributed by atoms with Crippen LogP contribution < -0.4 is 5.73 Å². The molecule has 1 atom stereocenters. The van der Waals surface area contributed by atoms with Gasteiger partial charge >= 0.3 is 0 Å². The van der Waals surface area contributed by atoms with E-state index in [1.165, 1.54) is 0 Å². The van der Waals surface area contributed by atoms with Crippen LogP contribution in [0, 0.1) is 12.3 Å². The van der Waals surface area contributed by atoms with Gasteiger partial charge in [0.05, 0.1) is 5.02 Å². The van der Waals surface area contributed by atoms with Crippen molar-refractivity contribution < 1.29 is 0 Å². The summed E-state index contributed by atoms with van der Waals surface area (Å²) in [5.74, 6) is 2.61. The molecule has 1 aromatic carbocycles. The summed E-state index contributed by atoms with van der Waals surface area (Å²) in [5.41, 5.74) is 7.07.